The molecule has 2 N–H and O–H groups in total. The molecule has 2 aromatic heterocycles. The molecule has 0 radical (unpaired) electrons. The Bertz CT molecular complexity index is 1150. The lowest BCUT2D eigenvalue weighted by Crippen LogP contribution is -2.23. The van der Waals surface area contributed by atoms with Gasteiger partial charge in [0.2, 0.25) is 5.01 Å². The molecule has 188 valence electrons. The minimum atomic E-state index is -3.32. The van der Waals surface area contributed by atoms with Gasteiger partial charge < -0.3 is 15.4 Å². The number of benzene rings is 1. The molecule has 1 unspecified atom stereocenters. The topological polar surface area (TPSA) is 124 Å². The van der Waals surface area contributed by atoms with Crippen molar-refractivity contribution < 1.29 is 27.5 Å². The average molecular weight is 512 g/mol. The second-order valence-corrected chi connectivity index (χ2v) is 8.62. The van der Waals surface area contributed by atoms with Crippen molar-refractivity contribution in [2.45, 2.75) is 52.1 Å². The minimum absolute atomic E-state index is 0.0135. The van der Waals surface area contributed by atoms with E-state index in [9.17, 15) is 22.8 Å². The molecule has 14 heteroatoms. The third-order valence-electron chi connectivity index (χ3n) is 4.47. The number of aryl methyl sites for hydroxylation is 1. The van der Waals surface area contributed by atoms with Gasteiger partial charge in [-0.1, -0.05) is 28.7 Å². The van der Waals surface area contributed by atoms with Crippen molar-refractivity contribution in [3.63, 3.8) is 0 Å². The maximum atomic E-state index is 14.4. The van der Waals surface area contributed by atoms with Gasteiger partial charge in [0.1, 0.15) is 16.9 Å². The highest BCUT2D eigenvalue weighted by atomic mass is 32.1. The maximum Gasteiger partial charge on any atom is 0.394 e. The number of nitrogens with zero attached hydrogens (tertiary/aromatic N) is 5. The number of ether oxygens (including phenoxy) is 1. The molecule has 0 fully saturated rings. The molecule has 0 aliphatic carbocycles. The van der Waals surface area contributed by atoms with Crippen molar-refractivity contribution in [3.05, 3.63) is 51.7 Å². The van der Waals surface area contributed by atoms with Crippen LogP contribution in [0, 0.1) is 0 Å². The van der Waals surface area contributed by atoms with E-state index in [4.69, 9.17) is 0 Å². The number of alkyl halides is 3. The lowest BCUT2D eigenvalue weighted by molar-refractivity contribution is -0.159. The fourth-order valence-corrected chi connectivity index (χ4v) is 3.72. The smallest absolute Gasteiger partial charge is 0.394 e. The van der Waals surface area contributed by atoms with E-state index in [-0.39, 0.29) is 41.9 Å². The van der Waals surface area contributed by atoms with E-state index in [1.54, 1.807) is 13.0 Å². The van der Waals surface area contributed by atoms with Crippen molar-refractivity contribution >= 4 is 23.2 Å². The number of carbonyl (C=O) groups excluding carboxylic acids is 2. The Labute approximate surface area is 202 Å². The van der Waals surface area contributed by atoms with E-state index in [0.29, 0.717) is 30.5 Å². The number of nitrogens with one attached hydrogen (secondary N) is 2. The summed E-state index contributed by atoms with van der Waals surface area (Å²) in [6.45, 7) is 2.82. The molecular formula is C21H24F3N7O3S. The van der Waals surface area contributed by atoms with Gasteiger partial charge in [0.25, 0.3) is 11.8 Å². The lowest BCUT2D eigenvalue weighted by Gasteiger charge is -2.13. The Hall–Kier alpha value is -3.55. The number of hydrogen-bond donors (Lipinski definition) is 2. The largest absolute Gasteiger partial charge is 0.433 e. The van der Waals surface area contributed by atoms with Crippen LogP contribution in [0.15, 0.2) is 30.5 Å². The highest BCUT2D eigenvalue weighted by molar-refractivity contribution is 7.13. The van der Waals surface area contributed by atoms with Crippen LogP contribution >= 0.6 is 11.3 Å². The maximum absolute atomic E-state index is 14.4. The Kier molecular flexibility index (Phi) is 8.73. The zero-order valence-corrected chi connectivity index (χ0v) is 19.8. The van der Waals surface area contributed by atoms with Gasteiger partial charge in [-0.25, -0.2) is 9.07 Å². The van der Waals surface area contributed by atoms with Gasteiger partial charge in [-0.3, -0.25) is 9.59 Å². The van der Waals surface area contributed by atoms with Crippen LogP contribution in [0.25, 0.3) is 0 Å². The quantitative estimate of drug-likeness (QED) is 0.383. The molecule has 0 saturated heterocycles. The van der Waals surface area contributed by atoms with Crippen LogP contribution in [-0.2, 0) is 19.5 Å². The van der Waals surface area contributed by atoms with Crippen LogP contribution in [0.5, 0.6) is 5.75 Å². The molecule has 0 spiro atoms. The van der Waals surface area contributed by atoms with Gasteiger partial charge in [-0.2, -0.15) is 8.78 Å². The number of carbonyl (C=O) groups is 2. The normalized spacial score (nSPS) is 12.3. The lowest BCUT2D eigenvalue weighted by atomic mass is 10.2. The Balaban J connectivity index is 1.46. The molecular weight excluding hydrogens is 487 g/mol. The van der Waals surface area contributed by atoms with Crippen LogP contribution in [0.2, 0.25) is 0 Å². The summed E-state index contributed by atoms with van der Waals surface area (Å²) in [5.41, 5.74) is 0.531. The summed E-state index contributed by atoms with van der Waals surface area (Å²) in [7, 11) is 0. The van der Waals surface area contributed by atoms with E-state index in [1.165, 1.54) is 29.1 Å². The molecule has 1 aromatic carbocycles. The Morgan fingerprint density at radius 1 is 1.20 bits per heavy atom. The number of halogens is 3. The van der Waals surface area contributed by atoms with Crippen molar-refractivity contribution in [1.29, 1.82) is 0 Å². The zero-order chi connectivity index (χ0) is 25.4. The second kappa shape index (κ2) is 11.7. The molecule has 3 aromatic rings. The summed E-state index contributed by atoms with van der Waals surface area (Å²) in [6, 6.07) is 5.94. The van der Waals surface area contributed by atoms with Crippen LogP contribution < -0.4 is 15.4 Å². The molecule has 0 saturated carbocycles. The molecule has 3 rings (SSSR count). The second-order valence-electron chi connectivity index (χ2n) is 7.56. The number of amides is 2. The predicted octanol–water partition coefficient (Wildman–Crippen LogP) is 2.77. The standard InChI is InChI=1S/C21H24F3N7O3S/c1-3-25-19(33)20-29-28-17(35-20)8-7-14(22)11-31-12-16(27-30-31)18(32)26-10-13-5-4-6-15(9-13)34-21(2,23)24/h4-6,9,12,14H,3,7-8,10-11H2,1-2H3,(H,25,33)(H,26,32). The van der Waals surface area contributed by atoms with Crippen molar-refractivity contribution in [2.24, 2.45) is 0 Å². The molecule has 35 heavy (non-hydrogen) atoms. The minimum Gasteiger partial charge on any atom is -0.433 e. The van der Waals surface area contributed by atoms with E-state index in [0.717, 1.165) is 11.3 Å². The van der Waals surface area contributed by atoms with E-state index < -0.39 is 18.2 Å². The van der Waals surface area contributed by atoms with Crippen molar-refractivity contribution in [3.8, 4) is 5.75 Å². The first-order valence-electron chi connectivity index (χ1n) is 10.7. The van der Waals surface area contributed by atoms with Gasteiger partial charge >= 0.3 is 6.11 Å². The van der Waals surface area contributed by atoms with Gasteiger partial charge in [-0.05, 0) is 31.0 Å². The summed E-state index contributed by atoms with van der Waals surface area (Å²) in [5.74, 6) is -0.895. The fraction of sp³-hybridized carbons (Fsp3) is 0.429. The van der Waals surface area contributed by atoms with E-state index >= 15 is 0 Å². The zero-order valence-electron chi connectivity index (χ0n) is 19.0. The first-order chi connectivity index (χ1) is 16.6. The third-order valence-corrected chi connectivity index (χ3v) is 5.46. The summed E-state index contributed by atoms with van der Waals surface area (Å²) < 4.78 is 46.2. The Morgan fingerprint density at radius 2 is 2.00 bits per heavy atom. The molecule has 2 amide bonds. The number of aromatic nitrogens is 5. The highest BCUT2D eigenvalue weighted by Crippen LogP contribution is 2.22. The number of hydrogen-bond acceptors (Lipinski definition) is 8. The van der Waals surface area contributed by atoms with E-state index in [2.05, 4.69) is 35.9 Å². The van der Waals surface area contributed by atoms with Crippen LogP contribution in [0.4, 0.5) is 13.2 Å². The highest BCUT2D eigenvalue weighted by Gasteiger charge is 2.23. The molecule has 0 bridgehead atoms. The van der Waals surface area contributed by atoms with Crippen molar-refractivity contribution in [2.75, 3.05) is 6.54 Å². The van der Waals surface area contributed by atoms with E-state index in [1.807, 2.05) is 0 Å². The van der Waals surface area contributed by atoms with Gasteiger partial charge in [-0.15, -0.1) is 15.3 Å². The van der Waals surface area contributed by atoms with Gasteiger partial charge in [0.15, 0.2) is 5.69 Å². The molecule has 1 atom stereocenters. The summed E-state index contributed by atoms with van der Waals surface area (Å²) >= 11 is 1.11. The number of rotatable bonds is 12. The average Bonchev–Trinajstić information content (AvgIpc) is 3.45. The summed E-state index contributed by atoms with van der Waals surface area (Å²) in [5, 5.41) is 21.2. The SMILES string of the molecule is CCNC(=O)c1nnc(CCC(F)Cn2cc(C(=O)NCc3cccc(OC(C)(F)F)c3)nn2)s1. The molecule has 10 nitrogen and oxygen atoms in total. The summed E-state index contributed by atoms with van der Waals surface area (Å²) in [6.07, 6.45) is -2.87. The van der Waals surface area contributed by atoms with Crippen LogP contribution in [0.1, 0.15) is 51.1 Å². The Morgan fingerprint density at radius 3 is 2.74 bits per heavy atom. The van der Waals surface area contributed by atoms with Gasteiger partial charge in [0.05, 0.1) is 12.7 Å². The van der Waals surface area contributed by atoms with Crippen LogP contribution in [0.3, 0.4) is 0 Å². The molecule has 0 aliphatic heterocycles. The third kappa shape index (κ3) is 8.31. The predicted molar refractivity (Wildman–Crippen MR) is 120 cm³/mol. The monoisotopic (exact) mass is 511 g/mol. The van der Waals surface area contributed by atoms with Gasteiger partial charge in [0, 0.05) is 26.4 Å². The molecule has 0 aliphatic rings. The fourth-order valence-electron chi connectivity index (χ4n) is 2.95. The van der Waals surface area contributed by atoms with Crippen LogP contribution in [-0.4, -0.2) is 55.8 Å². The first kappa shape index (κ1) is 26.1. The first-order valence-corrected chi connectivity index (χ1v) is 11.5. The van der Waals surface area contributed by atoms with Crippen molar-refractivity contribution in [1.82, 2.24) is 35.8 Å². The molecule has 2 heterocycles. The summed E-state index contributed by atoms with van der Waals surface area (Å²) in [4.78, 5) is 24.1.